The third-order valence-electron chi connectivity index (χ3n) is 4.25. The lowest BCUT2D eigenvalue weighted by Crippen LogP contribution is -2.35. The third-order valence-corrected chi connectivity index (χ3v) is 4.48. The fourth-order valence-corrected chi connectivity index (χ4v) is 3.24. The van der Waals surface area contributed by atoms with Gasteiger partial charge >= 0.3 is 0 Å². The summed E-state index contributed by atoms with van der Waals surface area (Å²) in [5, 5.41) is 14.3. The summed E-state index contributed by atoms with van der Waals surface area (Å²) >= 11 is 6.01. The van der Waals surface area contributed by atoms with E-state index in [-0.39, 0.29) is 6.61 Å². The van der Waals surface area contributed by atoms with Crippen LogP contribution < -0.4 is 0 Å². The molecule has 3 heterocycles. The van der Waals surface area contributed by atoms with Crippen LogP contribution in [0.1, 0.15) is 17.2 Å². The number of aromatic nitrogens is 4. The van der Waals surface area contributed by atoms with E-state index < -0.39 is 0 Å². The van der Waals surface area contributed by atoms with Crippen molar-refractivity contribution in [2.45, 2.75) is 26.1 Å². The smallest absolute Gasteiger partial charge is 0.108 e. The Balaban J connectivity index is 1.42. The topological polar surface area (TPSA) is 70.0 Å². The number of halogens is 1. The van der Waals surface area contributed by atoms with Crippen molar-refractivity contribution >= 4 is 22.6 Å². The van der Waals surface area contributed by atoms with E-state index in [9.17, 15) is 5.11 Å². The molecule has 0 saturated heterocycles. The van der Waals surface area contributed by atoms with Crippen LogP contribution in [-0.2, 0) is 26.1 Å². The molecule has 120 valence electrons. The van der Waals surface area contributed by atoms with Crippen molar-refractivity contribution < 1.29 is 5.11 Å². The van der Waals surface area contributed by atoms with E-state index in [2.05, 4.69) is 20.0 Å². The highest BCUT2D eigenvalue weighted by Gasteiger charge is 2.18. The van der Waals surface area contributed by atoms with Gasteiger partial charge < -0.3 is 10.1 Å². The lowest BCUT2D eigenvalue weighted by molar-refractivity contribution is 0.213. The molecular formula is C16H18ClN5O. The van der Waals surface area contributed by atoms with Gasteiger partial charge in [0.1, 0.15) is 5.82 Å². The molecule has 0 atom stereocenters. The molecule has 23 heavy (non-hydrogen) atoms. The van der Waals surface area contributed by atoms with Crippen LogP contribution in [0.2, 0.25) is 5.02 Å². The Morgan fingerprint density at radius 3 is 3.04 bits per heavy atom. The van der Waals surface area contributed by atoms with Crippen molar-refractivity contribution in [3.8, 4) is 0 Å². The van der Waals surface area contributed by atoms with Crippen LogP contribution >= 0.6 is 11.6 Å². The molecule has 2 N–H and O–H groups in total. The molecule has 7 heteroatoms. The van der Waals surface area contributed by atoms with Gasteiger partial charge in [-0.15, -0.1) is 0 Å². The first-order valence-electron chi connectivity index (χ1n) is 7.74. The summed E-state index contributed by atoms with van der Waals surface area (Å²) in [5.41, 5.74) is 3.85. The minimum absolute atomic E-state index is 0.00153. The predicted molar refractivity (Wildman–Crippen MR) is 88.2 cm³/mol. The minimum atomic E-state index is 0.00153. The molecule has 0 aliphatic carbocycles. The van der Waals surface area contributed by atoms with E-state index >= 15 is 0 Å². The zero-order valence-corrected chi connectivity index (χ0v) is 13.4. The van der Waals surface area contributed by atoms with Crippen LogP contribution in [-0.4, -0.2) is 42.8 Å². The number of imidazole rings is 1. The summed E-state index contributed by atoms with van der Waals surface area (Å²) in [5.74, 6) is 0.984. The van der Waals surface area contributed by atoms with Gasteiger partial charge in [0.25, 0.3) is 0 Å². The Labute approximate surface area is 138 Å². The van der Waals surface area contributed by atoms with Crippen molar-refractivity contribution in [3.05, 3.63) is 46.5 Å². The molecule has 0 amide bonds. The molecule has 6 nitrogen and oxygen atoms in total. The molecule has 0 fully saturated rings. The Bertz CT molecular complexity index is 840. The van der Waals surface area contributed by atoms with Crippen LogP contribution in [0.5, 0.6) is 0 Å². The minimum Gasteiger partial charge on any atom is -0.390 e. The number of aliphatic hydroxyl groups excluding tert-OH is 1. The van der Waals surface area contributed by atoms with Crippen molar-refractivity contribution in [3.63, 3.8) is 0 Å². The first-order chi connectivity index (χ1) is 11.2. The number of fused-ring (bicyclic) bond motifs is 2. The monoisotopic (exact) mass is 331 g/mol. The second-order valence-electron chi connectivity index (χ2n) is 5.88. The van der Waals surface area contributed by atoms with Gasteiger partial charge in [-0.2, -0.15) is 5.10 Å². The second-order valence-corrected chi connectivity index (χ2v) is 6.32. The van der Waals surface area contributed by atoms with Gasteiger partial charge in [0.05, 0.1) is 35.6 Å². The highest BCUT2D eigenvalue weighted by Crippen LogP contribution is 2.18. The van der Waals surface area contributed by atoms with Crippen LogP contribution in [0.15, 0.2) is 24.3 Å². The van der Waals surface area contributed by atoms with Gasteiger partial charge in [-0.1, -0.05) is 11.6 Å². The lowest BCUT2D eigenvalue weighted by atomic mass is 10.2. The Morgan fingerprint density at radius 2 is 2.17 bits per heavy atom. The molecule has 3 aromatic rings. The Kier molecular flexibility index (Phi) is 3.80. The van der Waals surface area contributed by atoms with Gasteiger partial charge in [-0.25, -0.2) is 4.98 Å². The molecule has 0 unspecified atom stereocenters. The summed E-state index contributed by atoms with van der Waals surface area (Å²) in [6.07, 6.45) is 0.868. The number of hydrogen-bond donors (Lipinski definition) is 2. The summed E-state index contributed by atoms with van der Waals surface area (Å²) in [6.45, 7) is 3.63. The normalized spacial score (nSPS) is 15.2. The van der Waals surface area contributed by atoms with E-state index in [1.165, 1.54) is 0 Å². The number of nitrogens with zero attached hydrogens (tertiary/aromatic N) is 4. The maximum atomic E-state index is 9.18. The Morgan fingerprint density at radius 1 is 1.26 bits per heavy atom. The number of H-pyrrole nitrogens is 1. The van der Waals surface area contributed by atoms with Crippen molar-refractivity contribution in [1.29, 1.82) is 0 Å². The lowest BCUT2D eigenvalue weighted by Gasteiger charge is -2.27. The average molecular weight is 332 g/mol. The van der Waals surface area contributed by atoms with Crippen LogP contribution in [0, 0.1) is 0 Å². The molecule has 2 aromatic heterocycles. The largest absolute Gasteiger partial charge is 0.390 e. The molecule has 0 saturated carbocycles. The summed E-state index contributed by atoms with van der Waals surface area (Å²) in [6, 6.07) is 7.69. The zero-order valence-electron chi connectivity index (χ0n) is 12.7. The van der Waals surface area contributed by atoms with Crippen LogP contribution in [0.4, 0.5) is 0 Å². The fourth-order valence-electron chi connectivity index (χ4n) is 3.07. The molecule has 4 rings (SSSR count). The van der Waals surface area contributed by atoms with E-state index in [1.807, 2.05) is 28.9 Å². The van der Waals surface area contributed by atoms with Crippen molar-refractivity contribution in [2.75, 3.05) is 13.1 Å². The summed E-state index contributed by atoms with van der Waals surface area (Å²) in [4.78, 5) is 10.3. The van der Waals surface area contributed by atoms with Crippen molar-refractivity contribution in [2.24, 2.45) is 0 Å². The van der Waals surface area contributed by atoms with Crippen molar-refractivity contribution in [1.82, 2.24) is 24.6 Å². The highest BCUT2D eigenvalue weighted by molar-refractivity contribution is 6.31. The second kappa shape index (κ2) is 5.96. The SMILES string of the molecule is OCc1cc2n(n1)CCN(CCc1nc3ccc(Cl)cc3[nH]1)C2. The van der Waals surface area contributed by atoms with Crippen LogP contribution in [0.3, 0.4) is 0 Å². The van der Waals surface area contributed by atoms with Crippen LogP contribution in [0.25, 0.3) is 11.0 Å². The molecule has 0 radical (unpaired) electrons. The number of benzene rings is 1. The van der Waals surface area contributed by atoms with Gasteiger partial charge in [0.2, 0.25) is 0 Å². The van der Waals surface area contributed by atoms with E-state index in [4.69, 9.17) is 11.6 Å². The maximum Gasteiger partial charge on any atom is 0.108 e. The third kappa shape index (κ3) is 2.97. The highest BCUT2D eigenvalue weighted by atomic mass is 35.5. The van der Waals surface area contributed by atoms with Gasteiger partial charge in [-0.05, 0) is 24.3 Å². The van der Waals surface area contributed by atoms with E-state index in [0.717, 1.165) is 65.9 Å². The fraction of sp³-hybridized carbons (Fsp3) is 0.375. The quantitative estimate of drug-likeness (QED) is 0.767. The molecule has 1 aliphatic rings. The number of nitrogens with one attached hydrogen (secondary N) is 1. The first-order valence-corrected chi connectivity index (χ1v) is 8.12. The number of aliphatic hydroxyl groups is 1. The number of rotatable bonds is 4. The summed E-state index contributed by atoms with van der Waals surface area (Å²) in [7, 11) is 0. The number of hydrogen-bond acceptors (Lipinski definition) is 4. The standard InChI is InChI=1S/C16H18ClN5O/c17-11-1-2-14-15(7-11)19-16(18-14)3-4-21-5-6-22-13(9-21)8-12(10-23)20-22/h1-2,7-8,23H,3-6,9-10H2,(H,18,19). The number of aromatic amines is 1. The van der Waals surface area contributed by atoms with Gasteiger partial charge in [-0.3, -0.25) is 9.58 Å². The zero-order chi connectivity index (χ0) is 15.8. The molecule has 0 spiro atoms. The Hall–Kier alpha value is -1.89. The first kappa shape index (κ1) is 14.7. The van der Waals surface area contributed by atoms with Gasteiger partial charge in [0, 0.05) is 31.1 Å². The van der Waals surface area contributed by atoms with E-state index in [1.54, 1.807) is 0 Å². The van der Waals surface area contributed by atoms with E-state index in [0.29, 0.717) is 0 Å². The molecule has 1 aliphatic heterocycles. The molecular weight excluding hydrogens is 314 g/mol. The maximum absolute atomic E-state index is 9.18. The summed E-state index contributed by atoms with van der Waals surface area (Å²) < 4.78 is 1.99. The molecule has 1 aromatic carbocycles. The predicted octanol–water partition coefficient (Wildman–Crippen LogP) is 1.96. The molecule has 0 bridgehead atoms. The van der Waals surface area contributed by atoms with Gasteiger partial charge in [0.15, 0.2) is 0 Å². The average Bonchev–Trinajstić information content (AvgIpc) is 3.14.